The molecule has 4 rings (SSSR count). The third-order valence-electron chi connectivity index (χ3n) is 5.08. The van der Waals surface area contributed by atoms with Crippen molar-refractivity contribution >= 4 is 5.91 Å². The van der Waals surface area contributed by atoms with Gasteiger partial charge in [0.15, 0.2) is 17.3 Å². The molecule has 0 saturated heterocycles. The van der Waals surface area contributed by atoms with Gasteiger partial charge in [0.25, 0.3) is 5.91 Å². The van der Waals surface area contributed by atoms with E-state index >= 15 is 0 Å². The van der Waals surface area contributed by atoms with Crippen LogP contribution in [0.4, 0.5) is 0 Å². The van der Waals surface area contributed by atoms with E-state index in [9.17, 15) is 9.59 Å². The SMILES string of the molecule is COc1ccc(C(=O)NCCn2nc(-c3ccco3)n(C3CC3)c2=O)c(OC)c1OC. The molecule has 1 N–H and O–H groups in total. The lowest BCUT2D eigenvalue weighted by Crippen LogP contribution is -2.32. The molecule has 164 valence electrons. The van der Waals surface area contributed by atoms with E-state index < -0.39 is 0 Å². The second-order valence-electron chi connectivity index (χ2n) is 7.05. The number of carbonyl (C=O) groups is 1. The molecule has 0 atom stereocenters. The molecule has 1 amide bonds. The molecule has 3 aromatic rings. The normalized spacial score (nSPS) is 13.1. The van der Waals surface area contributed by atoms with Gasteiger partial charge < -0.3 is 23.9 Å². The van der Waals surface area contributed by atoms with Crippen LogP contribution in [0.2, 0.25) is 0 Å². The van der Waals surface area contributed by atoms with Crippen LogP contribution in [-0.2, 0) is 6.54 Å². The van der Waals surface area contributed by atoms with Crippen molar-refractivity contribution in [2.45, 2.75) is 25.4 Å². The van der Waals surface area contributed by atoms with Crippen LogP contribution in [0.1, 0.15) is 29.2 Å². The molecule has 31 heavy (non-hydrogen) atoms. The summed E-state index contributed by atoms with van der Waals surface area (Å²) in [5.41, 5.74) is 0.0825. The summed E-state index contributed by atoms with van der Waals surface area (Å²) in [7, 11) is 4.43. The smallest absolute Gasteiger partial charge is 0.346 e. The number of nitrogens with one attached hydrogen (secondary N) is 1. The number of hydrogen-bond donors (Lipinski definition) is 1. The van der Waals surface area contributed by atoms with Crippen LogP contribution in [0.25, 0.3) is 11.6 Å². The van der Waals surface area contributed by atoms with Crippen molar-refractivity contribution in [3.8, 4) is 28.8 Å². The van der Waals surface area contributed by atoms with Crippen LogP contribution in [0.5, 0.6) is 17.2 Å². The van der Waals surface area contributed by atoms with E-state index in [2.05, 4.69) is 10.4 Å². The molecule has 1 aliphatic carbocycles. The summed E-state index contributed by atoms with van der Waals surface area (Å²) in [6.45, 7) is 0.420. The summed E-state index contributed by atoms with van der Waals surface area (Å²) in [6.07, 6.45) is 3.43. The molecule has 2 heterocycles. The summed E-state index contributed by atoms with van der Waals surface area (Å²) in [4.78, 5) is 25.6. The number of nitrogens with zero attached hydrogens (tertiary/aromatic N) is 3. The van der Waals surface area contributed by atoms with Crippen molar-refractivity contribution in [1.82, 2.24) is 19.7 Å². The lowest BCUT2D eigenvalue weighted by atomic mass is 10.1. The van der Waals surface area contributed by atoms with Crippen molar-refractivity contribution in [1.29, 1.82) is 0 Å². The molecule has 0 aliphatic heterocycles. The molecular weight excluding hydrogens is 404 g/mol. The third-order valence-corrected chi connectivity index (χ3v) is 5.08. The lowest BCUT2D eigenvalue weighted by Gasteiger charge is -2.15. The van der Waals surface area contributed by atoms with E-state index in [-0.39, 0.29) is 36.5 Å². The number of benzene rings is 1. The Morgan fingerprint density at radius 2 is 1.94 bits per heavy atom. The fourth-order valence-electron chi connectivity index (χ4n) is 3.45. The zero-order valence-electron chi connectivity index (χ0n) is 17.6. The Hall–Kier alpha value is -3.69. The molecule has 1 fully saturated rings. The molecule has 0 bridgehead atoms. The molecule has 0 spiro atoms. The summed E-state index contributed by atoms with van der Waals surface area (Å²) in [5, 5.41) is 7.23. The van der Waals surface area contributed by atoms with Crippen LogP contribution >= 0.6 is 0 Å². The maximum absolute atomic E-state index is 12.8. The molecule has 1 saturated carbocycles. The van der Waals surface area contributed by atoms with E-state index in [1.165, 1.54) is 26.0 Å². The van der Waals surface area contributed by atoms with Gasteiger partial charge in [0, 0.05) is 12.6 Å². The van der Waals surface area contributed by atoms with E-state index in [4.69, 9.17) is 18.6 Å². The molecule has 1 aromatic carbocycles. The number of methoxy groups -OCH3 is 3. The number of aromatic nitrogens is 3. The molecular formula is C21H24N4O6. The van der Waals surface area contributed by atoms with Gasteiger partial charge in [0.1, 0.15) is 0 Å². The average molecular weight is 428 g/mol. The minimum absolute atomic E-state index is 0.145. The summed E-state index contributed by atoms with van der Waals surface area (Å²) >= 11 is 0. The highest BCUT2D eigenvalue weighted by Gasteiger charge is 2.31. The van der Waals surface area contributed by atoms with Gasteiger partial charge in [-0.3, -0.25) is 9.36 Å². The van der Waals surface area contributed by atoms with E-state index in [0.29, 0.717) is 28.6 Å². The van der Waals surface area contributed by atoms with Crippen molar-refractivity contribution < 1.29 is 23.4 Å². The number of ether oxygens (including phenoxy) is 3. The fraction of sp³-hybridized carbons (Fsp3) is 0.381. The Bertz CT molecular complexity index is 1130. The molecule has 1 aliphatic rings. The summed E-state index contributed by atoms with van der Waals surface area (Å²) < 4.78 is 24.4. The summed E-state index contributed by atoms with van der Waals surface area (Å²) in [6, 6.07) is 6.90. The third kappa shape index (κ3) is 3.88. The number of carbonyl (C=O) groups excluding carboxylic acids is 1. The second kappa shape index (κ2) is 8.58. The van der Waals surface area contributed by atoms with Gasteiger partial charge in [0.05, 0.1) is 39.7 Å². The fourth-order valence-corrected chi connectivity index (χ4v) is 3.45. The van der Waals surface area contributed by atoms with Gasteiger partial charge in [0.2, 0.25) is 11.6 Å². The monoisotopic (exact) mass is 428 g/mol. The van der Waals surface area contributed by atoms with Gasteiger partial charge >= 0.3 is 5.69 Å². The van der Waals surface area contributed by atoms with Crippen LogP contribution < -0.4 is 25.2 Å². The number of furan rings is 1. The van der Waals surface area contributed by atoms with Crippen molar-refractivity contribution in [2.75, 3.05) is 27.9 Å². The van der Waals surface area contributed by atoms with Crippen LogP contribution in [0.3, 0.4) is 0 Å². The average Bonchev–Trinajstić information content (AvgIpc) is 3.36. The number of amides is 1. The predicted octanol–water partition coefficient (Wildman–Crippen LogP) is 2.10. The Morgan fingerprint density at radius 3 is 2.55 bits per heavy atom. The Morgan fingerprint density at radius 1 is 1.16 bits per heavy atom. The van der Waals surface area contributed by atoms with Crippen LogP contribution in [0, 0.1) is 0 Å². The number of rotatable bonds is 9. The van der Waals surface area contributed by atoms with Crippen molar-refractivity contribution in [3.05, 3.63) is 46.6 Å². The largest absolute Gasteiger partial charge is 0.493 e. The molecule has 0 radical (unpaired) electrons. The first kappa shape index (κ1) is 20.6. The van der Waals surface area contributed by atoms with Crippen molar-refractivity contribution in [2.24, 2.45) is 0 Å². The topological polar surface area (TPSA) is 110 Å². The van der Waals surface area contributed by atoms with Gasteiger partial charge in [-0.1, -0.05) is 0 Å². The maximum atomic E-state index is 12.8. The number of hydrogen-bond acceptors (Lipinski definition) is 7. The Kier molecular flexibility index (Phi) is 5.70. The maximum Gasteiger partial charge on any atom is 0.346 e. The summed E-state index contributed by atoms with van der Waals surface area (Å²) in [5.74, 6) is 1.75. The molecule has 2 aromatic heterocycles. The van der Waals surface area contributed by atoms with Crippen molar-refractivity contribution in [3.63, 3.8) is 0 Å². The lowest BCUT2D eigenvalue weighted by molar-refractivity contribution is 0.0948. The predicted molar refractivity (Wildman–Crippen MR) is 111 cm³/mol. The molecule has 10 nitrogen and oxygen atoms in total. The minimum atomic E-state index is -0.362. The Balaban J connectivity index is 1.50. The van der Waals surface area contributed by atoms with Crippen LogP contribution in [0.15, 0.2) is 39.7 Å². The van der Waals surface area contributed by atoms with Gasteiger partial charge in [-0.05, 0) is 37.1 Å². The van der Waals surface area contributed by atoms with Gasteiger partial charge in [-0.25, -0.2) is 9.48 Å². The highest BCUT2D eigenvalue weighted by Crippen LogP contribution is 2.39. The molecule has 0 unspecified atom stereocenters. The first-order valence-corrected chi connectivity index (χ1v) is 9.89. The zero-order chi connectivity index (χ0) is 22.0. The minimum Gasteiger partial charge on any atom is -0.493 e. The first-order chi connectivity index (χ1) is 15.1. The standard InChI is InChI=1S/C21H24N4O6/c1-28-15-9-8-14(17(29-2)18(15)30-3)20(26)22-10-11-24-21(27)25(13-6-7-13)19(23-24)16-5-4-12-31-16/h4-5,8-9,12-13H,6-7,10-11H2,1-3H3,(H,22,26). The van der Waals surface area contributed by atoms with E-state index in [1.54, 1.807) is 35.1 Å². The zero-order valence-corrected chi connectivity index (χ0v) is 17.6. The highest BCUT2D eigenvalue weighted by atomic mass is 16.5. The first-order valence-electron chi connectivity index (χ1n) is 9.89. The molecule has 10 heteroatoms. The Labute approximate surface area is 178 Å². The quantitative estimate of drug-likeness (QED) is 0.556. The van der Waals surface area contributed by atoms with E-state index in [0.717, 1.165) is 12.8 Å². The van der Waals surface area contributed by atoms with Gasteiger partial charge in [-0.2, -0.15) is 0 Å². The van der Waals surface area contributed by atoms with E-state index in [1.807, 2.05) is 0 Å². The van der Waals surface area contributed by atoms with Gasteiger partial charge in [-0.15, -0.1) is 5.10 Å². The van der Waals surface area contributed by atoms with Crippen LogP contribution in [-0.4, -0.2) is 48.1 Å². The second-order valence-corrected chi connectivity index (χ2v) is 7.05. The highest BCUT2D eigenvalue weighted by molar-refractivity contribution is 5.98.